The fraction of sp³-hybridized carbons (Fsp3) is 0.417. The number of sulfonamides is 1. The van der Waals surface area contributed by atoms with Gasteiger partial charge in [0.05, 0.1) is 15.6 Å². The van der Waals surface area contributed by atoms with E-state index < -0.39 is 16.0 Å². The minimum absolute atomic E-state index is 0. The van der Waals surface area contributed by atoms with Crippen LogP contribution in [0.3, 0.4) is 0 Å². The predicted molar refractivity (Wildman–Crippen MR) is 86.9 cm³/mol. The summed E-state index contributed by atoms with van der Waals surface area (Å²) in [5, 5.41) is 8.88. The molecule has 0 aromatic heterocycles. The summed E-state index contributed by atoms with van der Waals surface area (Å²) in [4.78, 5) is 12.9. The van der Waals surface area contributed by atoms with E-state index in [9.17, 15) is 13.2 Å². The summed E-state index contributed by atoms with van der Waals surface area (Å²) in [5.41, 5.74) is -0.284. The number of nitrogens with zero attached hydrogens (tertiary/aromatic N) is 2. The molecular weight excluding hydrogens is 375 g/mol. The highest BCUT2D eigenvalue weighted by atomic mass is 35.5. The van der Waals surface area contributed by atoms with E-state index in [4.69, 9.17) is 28.3 Å². The molecule has 0 saturated carbocycles. The SMILES string of the molecule is CN1CCN(S(=O)(=O)c2cc(C(=O)O)c(Cl)cc2Cl)CC1.Cl. The summed E-state index contributed by atoms with van der Waals surface area (Å²) in [5.74, 6) is -1.30. The quantitative estimate of drug-likeness (QED) is 0.856. The van der Waals surface area contributed by atoms with Gasteiger partial charge in [-0.3, -0.25) is 0 Å². The van der Waals surface area contributed by atoms with Crippen molar-refractivity contribution in [2.24, 2.45) is 0 Å². The largest absolute Gasteiger partial charge is 0.478 e. The van der Waals surface area contributed by atoms with E-state index in [-0.39, 0.29) is 32.9 Å². The molecule has 0 radical (unpaired) electrons. The van der Waals surface area contributed by atoms with Crippen LogP contribution in [-0.4, -0.2) is 61.9 Å². The molecule has 124 valence electrons. The van der Waals surface area contributed by atoms with Crippen molar-refractivity contribution in [3.63, 3.8) is 0 Å². The first-order valence-corrected chi connectivity index (χ1v) is 8.34. The highest BCUT2D eigenvalue weighted by molar-refractivity contribution is 7.89. The number of halogens is 3. The molecule has 1 fully saturated rings. The summed E-state index contributed by atoms with van der Waals surface area (Å²) in [7, 11) is -1.93. The van der Waals surface area contributed by atoms with Gasteiger partial charge in [-0.05, 0) is 19.2 Å². The van der Waals surface area contributed by atoms with Crippen molar-refractivity contribution in [1.29, 1.82) is 0 Å². The highest BCUT2D eigenvalue weighted by Crippen LogP contribution is 2.31. The lowest BCUT2D eigenvalue weighted by atomic mass is 10.2. The number of piperazine rings is 1. The van der Waals surface area contributed by atoms with Crippen molar-refractivity contribution in [2.75, 3.05) is 33.2 Å². The van der Waals surface area contributed by atoms with Crippen LogP contribution in [0.15, 0.2) is 17.0 Å². The van der Waals surface area contributed by atoms with Gasteiger partial charge in [0.1, 0.15) is 4.90 Å². The lowest BCUT2D eigenvalue weighted by Crippen LogP contribution is -2.47. The van der Waals surface area contributed by atoms with E-state index in [1.165, 1.54) is 4.31 Å². The van der Waals surface area contributed by atoms with Crippen LogP contribution in [0.4, 0.5) is 0 Å². The monoisotopic (exact) mass is 388 g/mol. The van der Waals surface area contributed by atoms with Gasteiger partial charge >= 0.3 is 5.97 Å². The summed E-state index contributed by atoms with van der Waals surface area (Å²) in [6.45, 7) is 1.88. The van der Waals surface area contributed by atoms with Crippen molar-refractivity contribution >= 4 is 51.6 Å². The zero-order valence-electron chi connectivity index (χ0n) is 11.6. The Balaban J connectivity index is 0.00000242. The molecule has 0 bridgehead atoms. The average Bonchev–Trinajstić information content (AvgIpc) is 2.38. The van der Waals surface area contributed by atoms with E-state index >= 15 is 0 Å². The molecule has 2 rings (SSSR count). The molecule has 6 nitrogen and oxygen atoms in total. The molecule has 0 amide bonds. The molecule has 1 aromatic rings. The maximum Gasteiger partial charge on any atom is 0.337 e. The van der Waals surface area contributed by atoms with Crippen LogP contribution in [0.1, 0.15) is 10.4 Å². The standard InChI is InChI=1S/C12H14Cl2N2O4S.ClH/c1-15-2-4-16(5-3-15)21(19,20)11-6-8(12(17)18)9(13)7-10(11)14;/h6-7H,2-5H2,1H3,(H,17,18);1H. The summed E-state index contributed by atoms with van der Waals surface area (Å²) in [6.07, 6.45) is 0. The van der Waals surface area contributed by atoms with Crippen LogP contribution in [0.25, 0.3) is 0 Å². The van der Waals surface area contributed by atoms with Gasteiger partial charge in [-0.2, -0.15) is 4.31 Å². The van der Waals surface area contributed by atoms with Gasteiger partial charge in [-0.15, -0.1) is 12.4 Å². The minimum Gasteiger partial charge on any atom is -0.478 e. The molecule has 10 heteroatoms. The summed E-state index contributed by atoms with van der Waals surface area (Å²) >= 11 is 11.7. The van der Waals surface area contributed by atoms with Crippen LogP contribution >= 0.6 is 35.6 Å². The third-order valence-corrected chi connectivity index (χ3v) is 6.01. The topological polar surface area (TPSA) is 77.9 Å². The van der Waals surface area contributed by atoms with Gasteiger partial charge in [0, 0.05) is 26.2 Å². The molecule has 1 heterocycles. The fourth-order valence-corrected chi connectivity index (χ4v) is 4.31. The second kappa shape index (κ2) is 7.33. The number of carbonyl (C=O) groups is 1. The van der Waals surface area contributed by atoms with Crippen molar-refractivity contribution in [2.45, 2.75) is 4.90 Å². The zero-order chi connectivity index (χ0) is 15.8. The molecule has 0 unspecified atom stereocenters. The molecule has 0 atom stereocenters. The molecule has 1 N–H and O–H groups in total. The van der Waals surface area contributed by atoms with Crippen LogP contribution in [0, 0.1) is 0 Å². The molecule has 1 aliphatic heterocycles. The number of rotatable bonds is 3. The Labute approximate surface area is 145 Å². The number of benzene rings is 1. The molecule has 22 heavy (non-hydrogen) atoms. The van der Waals surface area contributed by atoms with Crippen LogP contribution in [0.2, 0.25) is 10.0 Å². The molecular formula is C12H15Cl3N2O4S. The zero-order valence-corrected chi connectivity index (χ0v) is 14.8. The van der Waals surface area contributed by atoms with Gasteiger partial charge in [0.15, 0.2) is 0 Å². The van der Waals surface area contributed by atoms with Crippen LogP contribution in [-0.2, 0) is 10.0 Å². The Morgan fingerprint density at radius 3 is 2.18 bits per heavy atom. The van der Waals surface area contributed by atoms with Gasteiger partial charge in [0.2, 0.25) is 10.0 Å². The second-order valence-corrected chi connectivity index (χ2v) is 7.50. The van der Waals surface area contributed by atoms with E-state index in [0.29, 0.717) is 26.2 Å². The van der Waals surface area contributed by atoms with E-state index in [1.54, 1.807) is 0 Å². The smallest absolute Gasteiger partial charge is 0.337 e. The molecule has 1 saturated heterocycles. The first-order valence-electron chi connectivity index (χ1n) is 6.14. The molecule has 0 spiro atoms. The van der Waals surface area contributed by atoms with Gasteiger partial charge in [-0.25, -0.2) is 13.2 Å². The number of hydrogen-bond acceptors (Lipinski definition) is 4. The van der Waals surface area contributed by atoms with E-state index in [0.717, 1.165) is 12.1 Å². The van der Waals surface area contributed by atoms with Crippen molar-refractivity contribution in [3.8, 4) is 0 Å². The third-order valence-electron chi connectivity index (χ3n) is 3.33. The minimum atomic E-state index is -3.84. The predicted octanol–water partition coefficient (Wildman–Crippen LogP) is 2.05. The van der Waals surface area contributed by atoms with Gasteiger partial charge in [0.25, 0.3) is 0 Å². The van der Waals surface area contributed by atoms with Crippen molar-refractivity contribution in [3.05, 3.63) is 27.7 Å². The van der Waals surface area contributed by atoms with Crippen molar-refractivity contribution < 1.29 is 18.3 Å². The Kier molecular flexibility index (Phi) is 6.49. The molecule has 0 aliphatic carbocycles. The van der Waals surface area contributed by atoms with E-state index in [2.05, 4.69) is 0 Å². The lowest BCUT2D eigenvalue weighted by molar-refractivity contribution is 0.0697. The van der Waals surface area contributed by atoms with Gasteiger partial charge in [-0.1, -0.05) is 23.2 Å². The first-order chi connectivity index (χ1) is 9.73. The Bertz CT molecular complexity index is 673. The number of likely N-dealkylation sites (N-methyl/N-ethyl adjacent to an activating group) is 1. The van der Waals surface area contributed by atoms with E-state index in [1.807, 2.05) is 11.9 Å². The Hall–Kier alpha value is -0.570. The number of aromatic carboxylic acids is 1. The Morgan fingerprint density at radius 1 is 1.14 bits per heavy atom. The fourth-order valence-electron chi connectivity index (χ4n) is 2.06. The summed E-state index contributed by atoms with van der Waals surface area (Å²) in [6, 6.07) is 2.16. The van der Waals surface area contributed by atoms with Crippen molar-refractivity contribution in [1.82, 2.24) is 9.21 Å². The molecule has 1 aromatic carbocycles. The van der Waals surface area contributed by atoms with Crippen LogP contribution in [0.5, 0.6) is 0 Å². The second-order valence-electron chi connectivity index (χ2n) is 4.77. The van der Waals surface area contributed by atoms with Gasteiger partial charge < -0.3 is 10.0 Å². The average molecular weight is 390 g/mol. The summed E-state index contributed by atoms with van der Waals surface area (Å²) < 4.78 is 26.5. The Morgan fingerprint density at radius 2 is 1.68 bits per heavy atom. The number of hydrogen-bond donors (Lipinski definition) is 1. The maximum atomic E-state index is 12.6. The van der Waals surface area contributed by atoms with Crippen LogP contribution < -0.4 is 0 Å². The third kappa shape index (κ3) is 3.84. The maximum absolute atomic E-state index is 12.6. The lowest BCUT2D eigenvalue weighted by Gasteiger charge is -2.31. The normalized spacial score (nSPS) is 17.0. The number of carboxylic acid groups (broad SMARTS) is 1. The first kappa shape index (κ1) is 19.5. The number of carboxylic acids is 1. The molecule has 1 aliphatic rings. The highest BCUT2D eigenvalue weighted by Gasteiger charge is 2.30.